The van der Waals surface area contributed by atoms with Gasteiger partial charge in [-0.3, -0.25) is 0 Å². The maximum absolute atomic E-state index is 5.99. The van der Waals surface area contributed by atoms with Gasteiger partial charge in [0.15, 0.2) is 0 Å². The van der Waals surface area contributed by atoms with E-state index in [0.717, 1.165) is 31.2 Å². The Kier molecular flexibility index (Phi) is 2.92. The molecule has 3 nitrogen and oxygen atoms in total. The van der Waals surface area contributed by atoms with Crippen LogP contribution in [-0.2, 0) is 13.0 Å². The van der Waals surface area contributed by atoms with E-state index in [9.17, 15) is 0 Å². The molecule has 0 unspecified atom stereocenters. The van der Waals surface area contributed by atoms with Gasteiger partial charge in [-0.25, -0.2) is 9.97 Å². The minimum Gasteiger partial charge on any atom is -0.352 e. The molecule has 0 atom stereocenters. The topological polar surface area (TPSA) is 29.0 Å². The third-order valence-electron chi connectivity index (χ3n) is 3.25. The average Bonchev–Trinajstić information content (AvgIpc) is 2.37. The van der Waals surface area contributed by atoms with Gasteiger partial charge in [-0.05, 0) is 24.5 Å². The van der Waals surface area contributed by atoms with Gasteiger partial charge in [0.05, 0.1) is 0 Å². The fourth-order valence-electron chi connectivity index (χ4n) is 2.37. The van der Waals surface area contributed by atoms with Crippen molar-refractivity contribution in [3.63, 3.8) is 0 Å². The number of rotatable bonds is 1. The molecule has 1 aliphatic rings. The quantitative estimate of drug-likeness (QED) is 0.738. The van der Waals surface area contributed by atoms with Crippen LogP contribution in [0.4, 0.5) is 5.82 Å². The van der Waals surface area contributed by atoms with E-state index in [1.807, 2.05) is 13.0 Å². The molecule has 0 saturated carbocycles. The molecule has 0 bridgehead atoms. The van der Waals surface area contributed by atoms with Gasteiger partial charge in [-0.1, -0.05) is 35.9 Å². The lowest BCUT2D eigenvalue weighted by Gasteiger charge is -2.29. The predicted octanol–water partition coefficient (Wildman–Crippen LogP) is 3.00. The van der Waals surface area contributed by atoms with Crippen LogP contribution in [0.1, 0.15) is 17.0 Å². The molecule has 0 N–H and O–H groups in total. The van der Waals surface area contributed by atoms with Crippen LogP contribution < -0.4 is 4.90 Å². The van der Waals surface area contributed by atoms with Gasteiger partial charge >= 0.3 is 0 Å². The summed E-state index contributed by atoms with van der Waals surface area (Å²) in [4.78, 5) is 10.8. The zero-order valence-corrected chi connectivity index (χ0v) is 11.0. The van der Waals surface area contributed by atoms with Crippen molar-refractivity contribution in [2.75, 3.05) is 11.4 Å². The lowest BCUT2D eigenvalue weighted by molar-refractivity contribution is 0.717. The van der Waals surface area contributed by atoms with E-state index in [4.69, 9.17) is 11.6 Å². The smallest absolute Gasteiger partial charge is 0.134 e. The van der Waals surface area contributed by atoms with Crippen molar-refractivity contribution in [2.45, 2.75) is 19.9 Å². The summed E-state index contributed by atoms with van der Waals surface area (Å²) < 4.78 is 0. The molecule has 18 heavy (non-hydrogen) atoms. The standard InChI is InChI=1S/C14H14ClN3/c1-10-16-13(15)8-14(17-10)18-7-6-11-4-2-3-5-12(11)9-18/h2-5,8H,6-7,9H2,1H3. The molecule has 0 aliphatic carbocycles. The Morgan fingerprint density at radius 1 is 1.17 bits per heavy atom. The predicted molar refractivity (Wildman–Crippen MR) is 73.0 cm³/mol. The molecule has 1 aliphatic heterocycles. The van der Waals surface area contributed by atoms with Gasteiger partial charge in [-0.2, -0.15) is 0 Å². The van der Waals surface area contributed by atoms with E-state index in [2.05, 4.69) is 39.1 Å². The summed E-state index contributed by atoms with van der Waals surface area (Å²) in [5, 5.41) is 0.511. The Labute approximate surface area is 111 Å². The lowest BCUT2D eigenvalue weighted by Crippen LogP contribution is -2.31. The first-order valence-corrected chi connectivity index (χ1v) is 6.43. The molecule has 0 amide bonds. The number of anilines is 1. The summed E-state index contributed by atoms with van der Waals surface area (Å²) in [6.07, 6.45) is 1.05. The molecule has 92 valence electrons. The van der Waals surface area contributed by atoms with Gasteiger partial charge in [0.1, 0.15) is 16.8 Å². The average molecular weight is 260 g/mol. The highest BCUT2D eigenvalue weighted by molar-refractivity contribution is 6.29. The number of nitrogens with zero attached hydrogens (tertiary/aromatic N) is 3. The molecule has 1 aromatic carbocycles. The van der Waals surface area contributed by atoms with Crippen LogP contribution in [0, 0.1) is 6.92 Å². The van der Waals surface area contributed by atoms with E-state index in [-0.39, 0.29) is 0 Å². The minimum absolute atomic E-state index is 0.511. The number of aromatic nitrogens is 2. The Balaban J connectivity index is 1.91. The first kappa shape index (κ1) is 11.5. The lowest BCUT2D eigenvalue weighted by atomic mass is 10.00. The maximum atomic E-state index is 5.99. The number of benzene rings is 1. The number of halogens is 1. The van der Waals surface area contributed by atoms with E-state index >= 15 is 0 Å². The van der Waals surface area contributed by atoms with Crippen LogP contribution in [0.5, 0.6) is 0 Å². The Bertz CT molecular complexity index is 563. The molecule has 2 heterocycles. The Hall–Kier alpha value is -1.61. The number of hydrogen-bond donors (Lipinski definition) is 0. The summed E-state index contributed by atoms with van der Waals surface area (Å²) in [6, 6.07) is 10.4. The van der Waals surface area contributed by atoms with Crippen molar-refractivity contribution >= 4 is 17.4 Å². The van der Waals surface area contributed by atoms with Crippen LogP contribution in [0.2, 0.25) is 5.15 Å². The van der Waals surface area contributed by atoms with Crippen molar-refractivity contribution < 1.29 is 0 Å². The first-order chi connectivity index (χ1) is 8.72. The van der Waals surface area contributed by atoms with Gasteiger partial charge in [0, 0.05) is 19.2 Å². The van der Waals surface area contributed by atoms with Crippen LogP contribution in [0.3, 0.4) is 0 Å². The van der Waals surface area contributed by atoms with Crippen molar-refractivity contribution in [3.05, 3.63) is 52.4 Å². The molecule has 0 radical (unpaired) electrons. The fraction of sp³-hybridized carbons (Fsp3) is 0.286. The SMILES string of the molecule is Cc1nc(Cl)cc(N2CCc3ccccc3C2)n1. The highest BCUT2D eigenvalue weighted by atomic mass is 35.5. The third-order valence-corrected chi connectivity index (χ3v) is 3.44. The molecule has 4 heteroatoms. The summed E-state index contributed by atoms with van der Waals surface area (Å²) in [6.45, 7) is 3.74. The zero-order valence-electron chi connectivity index (χ0n) is 10.2. The summed E-state index contributed by atoms with van der Waals surface area (Å²) in [7, 11) is 0. The largest absolute Gasteiger partial charge is 0.352 e. The number of fused-ring (bicyclic) bond motifs is 1. The molecule has 0 spiro atoms. The van der Waals surface area contributed by atoms with Gasteiger partial charge in [-0.15, -0.1) is 0 Å². The van der Waals surface area contributed by atoms with E-state index in [1.54, 1.807) is 0 Å². The first-order valence-electron chi connectivity index (χ1n) is 6.05. The van der Waals surface area contributed by atoms with Gasteiger partial charge in [0.2, 0.25) is 0 Å². The van der Waals surface area contributed by atoms with E-state index in [0.29, 0.717) is 5.15 Å². The Morgan fingerprint density at radius 2 is 1.94 bits per heavy atom. The molecule has 1 aromatic heterocycles. The molecular weight excluding hydrogens is 246 g/mol. The number of aryl methyl sites for hydroxylation is 1. The molecule has 2 aromatic rings. The Morgan fingerprint density at radius 3 is 2.72 bits per heavy atom. The summed E-state index contributed by atoms with van der Waals surface area (Å²) >= 11 is 5.99. The van der Waals surface area contributed by atoms with Crippen molar-refractivity contribution in [1.82, 2.24) is 9.97 Å². The van der Waals surface area contributed by atoms with Crippen molar-refractivity contribution in [2.24, 2.45) is 0 Å². The van der Waals surface area contributed by atoms with Gasteiger partial charge < -0.3 is 4.90 Å². The van der Waals surface area contributed by atoms with Gasteiger partial charge in [0.25, 0.3) is 0 Å². The molecule has 3 rings (SSSR count). The van der Waals surface area contributed by atoms with E-state index in [1.165, 1.54) is 11.1 Å². The highest BCUT2D eigenvalue weighted by Crippen LogP contribution is 2.24. The van der Waals surface area contributed by atoms with Crippen molar-refractivity contribution in [1.29, 1.82) is 0 Å². The third kappa shape index (κ3) is 2.18. The monoisotopic (exact) mass is 259 g/mol. The van der Waals surface area contributed by atoms with Crippen molar-refractivity contribution in [3.8, 4) is 0 Å². The second-order valence-electron chi connectivity index (χ2n) is 4.54. The fourth-order valence-corrected chi connectivity index (χ4v) is 2.59. The molecular formula is C14H14ClN3. The maximum Gasteiger partial charge on any atom is 0.134 e. The molecule has 0 saturated heterocycles. The van der Waals surface area contributed by atoms with Crippen LogP contribution in [0.25, 0.3) is 0 Å². The summed E-state index contributed by atoms with van der Waals surface area (Å²) in [5.74, 6) is 1.64. The second-order valence-corrected chi connectivity index (χ2v) is 4.92. The molecule has 0 fully saturated rings. The van der Waals surface area contributed by atoms with Crippen LogP contribution in [0.15, 0.2) is 30.3 Å². The normalized spacial score (nSPS) is 14.4. The number of hydrogen-bond acceptors (Lipinski definition) is 3. The van der Waals surface area contributed by atoms with Crippen LogP contribution >= 0.6 is 11.6 Å². The second kappa shape index (κ2) is 4.58. The van der Waals surface area contributed by atoms with Crippen LogP contribution in [-0.4, -0.2) is 16.5 Å². The minimum atomic E-state index is 0.511. The highest BCUT2D eigenvalue weighted by Gasteiger charge is 2.17. The zero-order chi connectivity index (χ0) is 12.5. The van der Waals surface area contributed by atoms with E-state index < -0.39 is 0 Å². The summed E-state index contributed by atoms with van der Waals surface area (Å²) in [5.41, 5.74) is 2.81.